The summed E-state index contributed by atoms with van der Waals surface area (Å²) in [6.07, 6.45) is 4.10. The van der Waals surface area contributed by atoms with Gasteiger partial charge in [-0.25, -0.2) is 0 Å². The van der Waals surface area contributed by atoms with Crippen molar-refractivity contribution in [2.24, 2.45) is 5.92 Å². The van der Waals surface area contributed by atoms with E-state index in [0.717, 1.165) is 12.5 Å². The zero-order valence-corrected chi connectivity index (χ0v) is 9.31. The van der Waals surface area contributed by atoms with Gasteiger partial charge in [-0.1, -0.05) is 0 Å². The van der Waals surface area contributed by atoms with E-state index >= 15 is 0 Å². The van der Waals surface area contributed by atoms with Crippen molar-refractivity contribution in [3.05, 3.63) is 0 Å². The van der Waals surface area contributed by atoms with Crippen LogP contribution in [0.15, 0.2) is 0 Å². The van der Waals surface area contributed by atoms with Gasteiger partial charge < -0.3 is 10.1 Å². The number of hydrogen-bond acceptors (Lipinski definition) is 3. The quantitative estimate of drug-likeness (QED) is 0.697. The summed E-state index contributed by atoms with van der Waals surface area (Å²) < 4.78 is 5.74. The first-order valence-electron chi connectivity index (χ1n) is 5.76. The predicted octanol–water partition coefficient (Wildman–Crippen LogP) is 1.10. The molecule has 0 amide bonds. The number of piperidine rings is 1. The molecule has 0 aromatic rings. The second-order valence-corrected chi connectivity index (χ2v) is 5.26. The molecule has 1 unspecified atom stereocenters. The predicted molar refractivity (Wildman–Crippen MR) is 57.2 cm³/mol. The van der Waals surface area contributed by atoms with Crippen LogP contribution in [-0.4, -0.2) is 31.5 Å². The molecule has 2 saturated heterocycles. The highest BCUT2D eigenvalue weighted by Crippen LogP contribution is 2.23. The van der Waals surface area contributed by atoms with Gasteiger partial charge in [0.1, 0.15) is 6.23 Å². The lowest BCUT2D eigenvalue weighted by Crippen LogP contribution is -2.40. The summed E-state index contributed by atoms with van der Waals surface area (Å²) in [6, 6.07) is 0. The van der Waals surface area contributed by atoms with Crippen LogP contribution in [0.5, 0.6) is 0 Å². The van der Waals surface area contributed by atoms with Gasteiger partial charge in [-0.2, -0.15) is 0 Å². The Hall–Kier alpha value is -0.120. The average molecular weight is 198 g/mol. The van der Waals surface area contributed by atoms with Gasteiger partial charge in [0.25, 0.3) is 0 Å². The topological polar surface area (TPSA) is 33.3 Å². The molecule has 2 N–H and O–H groups in total. The van der Waals surface area contributed by atoms with Crippen molar-refractivity contribution in [1.29, 1.82) is 0 Å². The molecule has 1 atom stereocenters. The Kier molecular flexibility index (Phi) is 3.10. The summed E-state index contributed by atoms with van der Waals surface area (Å²) in [7, 11) is 0. The molecule has 0 aliphatic carbocycles. The molecule has 0 aromatic carbocycles. The number of hydrogen-bond donors (Lipinski definition) is 2. The van der Waals surface area contributed by atoms with Gasteiger partial charge in [0.2, 0.25) is 0 Å². The minimum absolute atomic E-state index is 0.178. The molecule has 0 aromatic heterocycles. The fraction of sp³-hybridized carbons (Fsp3) is 1.00. The third kappa shape index (κ3) is 2.69. The summed E-state index contributed by atoms with van der Waals surface area (Å²) in [5.74, 6) is 0.850. The van der Waals surface area contributed by atoms with Crippen molar-refractivity contribution >= 4 is 0 Å². The molecule has 82 valence electrons. The number of rotatable bonds is 2. The van der Waals surface area contributed by atoms with Crippen molar-refractivity contribution in [2.75, 3.05) is 19.7 Å². The molecule has 2 rings (SSSR count). The van der Waals surface area contributed by atoms with E-state index in [1.165, 1.54) is 32.4 Å². The first-order valence-corrected chi connectivity index (χ1v) is 5.76. The Morgan fingerprint density at radius 1 is 1.29 bits per heavy atom. The Labute approximate surface area is 86.6 Å². The fourth-order valence-electron chi connectivity index (χ4n) is 2.38. The first kappa shape index (κ1) is 10.4. The minimum atomic E-state index is 0.178. The largest absolute Gasteiger partial charge is 0.361 e. The minimum Gasteiger partial charge on any atom is -0.361 e. The van der Waals surface area contributed by atoms with E-state index < -0.39 is 0 Å². The molecule has 0 radical (unpaired) electrons. The standard InChI is InChI=1S/C11H22N2O/c1-11(2)8-14-10(13-11)7-9-3-5-12-6-4-9/h9-10,12-13H,3-8H2,1-2H3. The highest BCUT2D eigenvalue weighted by Gasteiger charge is 2.32. The molecule has 0 bridgehead atoms. The molecular weight excluding hydrogens is 176 g/mol. The fourth-order valence-corrected chi connectivity index (χ4v) is 2.38. The maximum atomic E-state index is 5.74. The van der Waals surface area contributed by atoms with E-state index in [-0.39, 0.29) is 5.54 Å². The molecule has 2 fully saturated rings. The SMILES string of the molecule is CC1(C)COC(CC2CCNCC2)N1. The van der Waals surface area contributed by atoms with Gasteiger partial charge in [-0.3, -0.25) is 5.32 Å². The molecule has 2 heterocycles. The van der Waals surface area contributed by atoms with E-state index in [2.05, 4.69) is 24.5 Å². The lowest BCUT2D eigenvalue weighted by molar-refractivity contribution is 0.0729. The normalized spacial score (nSPS) is 33.4. The van der Waals surface area contributed by atoms with Crippen molar-refractivity contribution < 1.29 is 4.74 Å². The Morgan fingerprint density at radius 2 is 2.00 bits per heavy atom. The maximum absolute atomic E-state index is 5.74. The number of ether oxygens (including phenoxy) is 1. The van der Waals surface area contributed by atoms with Crippen LogP contribution >= 0.6 is 0 Å². The van der Waals surface area contributed by atoms with Gasteiger partial charge in [0.05, 0.1) is 6.61 Å². The van der Waals surface area contributed by atoms with E-state index in [1.54, 1.807) is 0 Å². The second-order valence-electron chi connectivity index (χ2n) is 5.26. The highest BCUT2D eigenvalue weighted by atomic mass is 16.5. The van der Waals surface area contributed by atoms with Gasteiger partial charge in [0.15, 0.2) is 0 Å². The lowest BCUT2D eigenvalue weighted by Gasteiger charge is -2.25. The number of nitrogens with one attached hydrogen (secondary N) is 2. The van der Waals surface area contributed by atoms with E-state index in [4.69, 9.17) is 4.74 Å². The van der Waals surface area contributed by atoms with Crippen LogP contribution in [0, 0.1) is 5.92 Å². The molecule has 0 saturated carbocycles. The van der Waals surface area contributed by atoms with Crippen molar-refractivity contribution in [3.8, 4) is 0 Å². The smallest absolute Gasteiger partial charge is 0.108 e. The van der Waals surface area contributed by atoms with Gasteiger partial charge in [-0.05, 0) is 52.1 Å². The van der Waals surface area contributed by atoms with E-state index in [1.807, 2.05) is 0 Å². The van der Waals surface area contributed by atoms with Crippen LogP contribution in [-0.2, 0) is 4.74 Å². The second kappa shape index (κ2) is 4.17. The van der Waals surface area contributed by atoms with Crippen molar-refractivity contribution in [1.82, 2.24) is 10.6 Å². The van der Waals surface area contributed by atoms with Gasteiger partial charge in [0, 0.05) is 5.54 Å². The van der Waals surface area contributed by atoms with Crippen LogP contribution in [0.2, 0.25) is 0 Å². The third-order valence-corrected chi connectivity index (χ3v) is 3.20. The Bertz CT molecular complexity index is 188. The Morgan fingerprint density at radius 3 is 2.57 bits per heavy atom. The van der Waals surface area contributed by atoms with Crippen LogP contribution in [0.25, 0.3) is 0 Å². The summed E-state index contributed by atoms with van der Waals surface area (Å²) in [4.78, 5) is 0. The maximum Gasteiger partial charge on any atom is 0.108 e. The highest BCUT2D eigenvalue weighted by molar-refractivity contribution is 4.86. The first-order chi connectivity index (χ1) is 6.66. The van der Waals surface area contributed by atoms with Crippen molar-refractivity contribution in [2.45, 2.75) is 44.9 Å². The Balaban J connectivity index is 1.75. The summed E-state index contributed by atoms with van der Waals surface area (Å²) >= 11 is 0. The van der Waals surface area contributed by atoms with Crippen LogP contribution in [0.1, 0.15) is 33.1 Å². The van der Waals surface area contributed by atoms with Crippen LogP contribution < -0.4 is 10.6 Å². The average Bonchev–Trinajstić information content (AvgIpc) is 2.47. The summed E-state index contributed by atoms with van der Waals surface area (Å²) in [5, 5.41) is 6.93. The van der Waals surface area contributed by atoms with E-state index in [0.29, 0.717) is 6.23 Å². The third-order valence-electron chi connectivity index (χ3n) is 3.20. The van der Waals surface area contributed by atoms with Crippen molar-refractivity contribution in [3.63, 3.8) is 0 Å². The monoisotopic (exact) mass is 198 g/mol. The molecule has 0 spiro atoms. The van der Waals surface area contributed by atoms with E-state index in [9.17, 15) is 0 Å². The zero-order valence-electron chi connectivity index (χ0n) is 9.31. The molecular formula is C11H22N2O. The molecule has 2 aliphatic rings. The molecule has 14 heavy (non-hydrogen) atoms. The summed E-state index contributed by atoms with van der Waals surface area (Å²) in [5.41, 5.74) is 0.178. The zero-order chi connectivity index (χ0) is 10.0. The molecule has 3 nitrogen and oxygen atoms in total. The summed E-state index contributed by atoms with van der Waals surface area (Å²) in [6.45, 7) is 7.62. The van der Waals surface area contributed by atoms with Crippen LogP contribution in [0.3, 0.4) is 0 Å². The molecule has 3 heteroatoms. The van der Waals surface area contributed by atoms with Gasteiger partial charge in [-0.15, -0.1) is 0 Å². The van der Waals surface area contributed by atoms with Crippen LogP contribution in [0.4, 0.5) is 0 Å². The lowest BCUT2D eigenvalue weighted by atomic mass is 9.94. The molecule has 2 aliphatic heterocycles. The van der Waals surface area contributed by atoms with Gasteiger partial charge >= 0.3 is 0 Å².